The Morgan fingerprint density at radius 3 is 2.42 bits per heavy atom. The van der Waals surface area contributed by atoms with Crippen LogP contribution in [0.1, 0.15) is 55.0 Å². The SMILES string of the molecule is CCCCOc1ccc(C(O)=C2C(=O)C(=O)N(c3nnc(SCc4ccc(C)cc4)s3)[C@@H]2c2ccc(OCC)c(OC)c2)cc1. The van der Waals surface area contributed by atoms with Crippen molar-refractivity contribution in [3.8, 4) is 17.2 Å². The van der Waals surface area contributed by atoms with Crippen LogP contribution in [0.25, 0.3) is 5.76 Å². The largest absolute Gasteiger partial charge is 0.507 e. The van der Waals surface area contributed by atoms with Gasteiger partial charge in [-0.1, -0.05) is 72.3 Å². The number of Topliss-reactive ketones (excluding diaryl/α,β-unsaturated/α-hetero) is 1. The third-order valence-electron chi connectivity index (χ3n) is 7.23. The molecule has 1 N–H and O–H groups in total. The lowest BCUT2D eigenvalue weighted by Gasteiger charge is -2.23. The number of amides is 1. The van der Waals surface area contributed by atoms with Crippen molar-refractivity contribution in [3.63, 3.8) is 0 Å². The van der Waals surface area contributed by atoms with Crippen LogP contribution in [0.2, 0.25) is 0 Å². The molecule has 0 bridgehead atoms. The molecule has 9 nitrogen and oxygen atoms in total. The quantitative estimate of drug-likeness (QED) is 0.0398. The summed E-state index contributed by atoms with van der Waals surface area (Å²) < 4.78 is 17.7. The first-order chi connectivity index (χ1) is 21.8. The van der Waals surface area contributed by atoms with Gasteiger partial charge in [0.05, 0.1) is 31.9 Å². The number of ketones is 1. The highest BCUT2D eigenvalue weighted by Crippen LogP contribution is 2.45. The van der Waals surface area contributed by atoms with Crippen LogP contribution < -0.4 is 19.1 Å². The van der Waals surface area contributed by atoms with Gasteiger partial charge in [-0.2, -0.15) is 0 Å². The number of aryl methyl sites for hydroxylation is 1. The molecule has 1 aliphatic rings. The highest BCUT2D eigenvalue weighted by atomic mass is 32.2. The van der Waals surface area contributed by atoms with Gasteiger partial charge in [-0.25, -0.2) is 0 Å². The molecule has 4 aromatic rings. The number of methoxy groups -OCH3 is 1. The van der Waals surface area contributed by atoms with Crippen LogP contribution in [0.4, 0.5) is 5.13 Å². The maximum atomic E-state index is 13.7. The van der Waals surface area contributed by atoms with Crippen molar-refractivity contribution < 1.29 is 28.9 Å². The minimum absolute atomic E-state index is 0.0603. The van der Waals surface area contributed by atoms with Crippen LogP contribution >= 0.6 is 23.1 Å². The molecule has 1 atom stereocenters. The molecule has 3 aromatic carbocycles. The number of thioether (sulfide) groups is 1. The van der Waals surface area contributed by atoms with E-state index in [-0.39, 0.29) is 16.5 Å². The number of hydrogen-bond donors (Lipinski definition) is 1. The molecule has 234 valence electrons. The molecule has 1 amide bonds. The van der Waals surface area contributed by atoms with Gasteiger partial charge in [0.2, 0.25) is 5.13 Å². The first kappa shape index (κ1) is 32.1. The van der Waals surface area contributed by atoms with E-state index in [4.69, 9.17) is 14.2 Å². The van der Waals surface area contributed by atoms with E-state index in [1.54, 1.807) is 42.5 Å². The summed E-state index contributed by atoms with van der Waals surface area (Å²) in [6.45, 7) is 7.01. The van der Waals surface area contributed by atoms with E-state index in [9.17, 15) is 14.7 Å². The Kier molecular flexibility index (Phi) is 10.4. The highest BCUT2D eigenvalue weighted by Gasteiger charge is 2.48. The van der Waals surface area contributed by atoms with E-state index < -0.39 is 17.7 Å². The molecule has 1 aromatic heterocycles. The van der Waals surface area contributed by atoms with Crippen molar-refractivity contribution in [1.29, 1.82) is 0 Å². The molecule has 1 fully saturated rings. The smallest absolute Gasteiger partial charge is 0.301 e. The number of carbonyl (C=O) groups excluding carboxylic acids is 2. The van der Waals surface area contributed by atoms with E-state index in [0.29, 0.717) is 51.7 Å². The van der Waals surface area contributed by atoms with Crippen molar-refractivity contribution >= 4 is 45.7 Å². The summed E-state index contributed by atoms with van der Waals surface area (Å²) in [6, 6.07) is 19.2. The summed E-state index contributed by atoms with van der Waals surface area (Å²) >= 11 is 2.71. The molecule has 0 aliphatic carbocycles. The third kappa shape index (κ3) is 7.15. The molecule has 1 aliphatic heterocycles. The minimum atomic E-state index is -0.988. The Hall–Kier alpha value is -4.35. The fourth-order valence-electron chi connectivity index (χ4n) is 4.86. The average Bonchev–Trinajstić information content (AvgIpc) is 3.63. The number of hydrogen-bond acceptors (Lipinski definition) is 10. The van der Waals surface area contributed by atoms with Crippen LogP contribution in [0.3, 0.4) is 0 Å². The average molecular weight is 646 g/mol. The van der Waals surface area contributed by atoms with Crippen LogP contribution in [0, 0.1) is 6.92 Å². The molecule has 0 unspecified atom stereocenters. The summed E-state index contributed by atoms with van der Waals surface area (Å²) in [4.78, 5) is 28.6. The fourth-order valence-corrected chi connectivity index (χ4v) is 6.68. The Morgan fingerprint density at radius 2 is 1.73 bits per heavy atom. The van der Waals surface area contributed by atoms with E-state index in [0.717, 1.165) is 18.4 Å². The Bertz CT molecular complexity index is 1690. The number of nitrogens with zero attached hydrogens (tertiary/aromatic N) is 3. The van der Waals surface area contributed by atoms with Crippen LogP contribution in [-0.2, 0) is 15.3 Å². The van der Waals surface area contributed by atoms with Crippen LogP contribution in [0.5, 0.6) is 17.2 Å². The zero-order valence-corrected chi connectivity index (χ0v) is 27.2. The highest BCUT2D eigenvalue weighted by molar-refractivity contribution is 8.00. The zero-order valence-electron chi connectivity index (χ0n) is 25.6. The second-order valence-corrected chi connectivity index (χ2v) is 12.5. The molecule has 1 saturated heterocycles. The van der Waals surface area contributed by atoms with E-state index in [1.807, 2.05) is 13.8 Å². The summed E-state index contributed by atoms with van der Waals surface area (Å²) in [5, 5.41) is 20.4. The number of aliphatic hydroxyl groups is 1. The van der Waals surface area contributed by atoms with Crippen molar-refractivity contribution in [2.45, 2.75) is 49.7 Å². The summed E-state index contributed by atoms with van der Waals surface area (Å²) in [5.74, 6) is 0.346. The Labute approximate surface area is 270 Å². The number of unbranched alkanes of at least 4 members (excludes halogenated alkanes) is 1. The van der Waals surface area contributed by atoms with Gasteiger partial charge in [-0.05, 0) is 67.8 Å². The fraction of sp³-hybridized carbons (Fsp3) is 0.294. The lowest BCUT2D eigenvalue weighted by atomic mass is 9.95. The topological polar surface area (TPSA) is 111 Å². The van der Waals surface area contributed by atoms with Gasteiger partial charge in [0.15, 0.2) is 15.8 Å². The van der Waals surface area contributed by atoms with Crippen molar-refractivity contribution in [1.82, 2.24) is 10.2 Å². The number of aliphatic hydroxyl groups excluding tert-OH is 1. The number of anilines is 1. The van der Waals surface area contributed by atoms with Crippen molar-refractivity contribution in [2.75, 3.05) is 25.2 Å². The molecule has 5 rings (SSSR count). The molecule has 45 heavy (non-hydrogen) atoms. The monoisotopic (exact) mass is 645 g/mol. The predicted octanol–water partition coefficient (Wildman–Crippen LogP) is 7.35. The number of rotatable bonds is 13. The van der Waals surface area contributed by atoms with Gasteiger partial charge in [-0.15, -0.1) is 10.2 Å². The standard InChI is InChI=1S/C34H35N3O6S2/c1-5-7-18-43-25-15-12-23(13-16-25)30(38)28-29(24-14-17-26(42-6-2)27(19-24)41-4)37(32(40)31(28)39)33-35-36-34(45-33)44-20-22-10-8-21(3)9-11-22/h8-17,19,29,38H,5-7,18,20H2,1-4H3/t29-/m1/s1. The normalized spacial score (nSPS) is 15.8. The maximum Gasteiger partial charge on any atom is 0.301 e. The summed E-state index contributed by atoms with van der Waals surface area (Å²) in [6.07, 6.45) is 1.94. The van der Waals surface area contributed by atoms with Crippen molar-refractivity contribution in [3.05, 3.63) is 94.6 Å². The number of carbonyl (C=O) groups is 2. The maximum absolute atomic E-state index is 13.7. The predicted molar refractivity (Wildman–Crippen MR) is 176 cm³/mol. The van der Waals surface area contributed by atoms with E-state index in [1.165, 1.54) is 40.7 Å². The molecule has 0 radical (unpaired) electrons. The molecular formula is C34H35N3O6S2. The molecule has 0 spiro atoms. The minimum Gasteiger partial charge on any atom is -0.507 e. The van der Waals surface area contributed by atoms with Crippen LogP contribution in [0.15, 0.2) is 76.6 Å². The number of aromatic nitrogens is 2. The summed E-state index contributed by atoms with van der Waals surface area (Å²) in [7, 11) is 1.52. The first-order valence-corrected chi connectivity index (χ1v) is 16.5. The molecule has 11 heteroatoms. The van der Waals surface area contributed by atoms with E-state index >= 15 is 0 Å². The molecule has 2 heterocycles. The molecule has 0 saturated carbocycles. The molecular weight excluding hydrogens is 611 g/mol. The van der Waals surface area contributed by atoms with Gasteiger partial charge >= 0.3 is 5.91 Å². The van der Waals surface area contributed by atoms with Crippen LogP contribution in [-0.4, -0.2) is 47.3 Å². The van der Waals surface area contributed by atoms with Gasteiger partial charge in [0.1, 0.15) is 11.5 Å². The zero-order chi connectivity index (χ0) is 31.9. The third-order valence-corrected chi connectivity index (χ3v) is 9.35. The Balaban J connectivity index is 1.53. The van der Waals surface area contributed by atoms with Crippen molar-refractivity contribution in [2.24, 2.45) is 0 Å². The first-order valence-electron chi connectivity index (χ1n) is 14.7. The van der Waals surface area contributed by atoms with E-state index in [2.05, 4.69) is 41.4 Å². The Morgan fingerprint density at radius 1 is 0.978 bits per heavy atom. The lowest BCUT2D eigenvalue weighted by molar-refractivity contribution is -0.132. The lowest BCUT2D eigenvalue weighted by Crippen LogP contribution is -2.29. The van der Waals surface area contributed by atoms with Gasteiger partial charge in [0.25, 0.3) is 5.78 Å². The number of ether oxygens (including phenoxy) is 3. The van der Waals surface area contributed by atoms with Gasteiger partial charge in [-0.3, -0.25) is 14.5 Å². The number of benzene rings is 3. The van der Waals surface area contributed by atoms with Gasteiger partial charge < -0.3 is 19.3 Å². The van der Waals surface area contributed by atoms with Gasteiger partial charge in [0, 0.05) is 11.3 Å². The second-order valence-electron chi connectivity index (χ2n) is 10.4. The second kappa shape index (κ2) is 14.6. The summed E-state index contributed by atoms with van der Waals surface area (Å²) in [5.41, 5.74) is 3.17.